The van der Waals surface area contributed by atoms with Crippen LogP contribution in [0.2, 0.25) is 0 Å². The lowest BCUT2D eigenvalue weighted by Gasteiger charge is -2.48. The van der Waals surface area contributed by atoms with Gasteiger partial charge in [0.25, 0.3) is 5.91 Å². The molecule has 2 saturated heterocycles. The fourth-order valence-corrected chi connectivity index (χ4v) is 4.96. The summed E-state index contributed by atoms with van der Waals surface area (Å²) in [7, 11) is 0. The van der Waals surface area contributed by atoms with Crippen LogP contribution in [0.3, 0.4) is 0 Å². The summed E-state index contributed by atoms with van der Waals surface area (Å²) in [4.78, 5) is 22.3. The zero-order valence-corrected chi connectivity index (χ0v) is 15.2. The summed E-state index contributed by atoms with van der Waals surface area (Å²) in [6, 6.07) is 5.99. The van der Waals surface area contributed by atoms with Gasteiger partial charge in [-0.2, -0.15) is 0 Å². The van der Waals surface area contributed by atoms with Crippen LogP contribution in [0.15, 0.2) is 36.8 Å². The second kappa shape index (κ2) is 7.22. The molecule has 132 valence electrons. The van der Waals surface area contributed by atoms with Crippen LogP contribution >= 0.6 is 11.5 Å². The van der Waals surface area contributed by atoms with Crippen LogP contribution in [0, 0.1) is 5.41 Å². The van der Waals surface area contributed by atoms with Crippen molar-refractivity contribution in [3.8, 4) is 0 Å². The van der Waals surface area contributed by atoms with Crippen LogP contribution < -0.4 is 0 Å². The van der Waals surface area contributed by atoms with E-state index in [4.69, 9.17) is 0 Å². The average molecular weight is 356 g/mol. The number of carbonyl (C=O) groups is 1. The SMILES string of the molecule is O=C(c1ccns1)N1CCCC2(CCCN(Cc3cccnc3)C2)C1. The molecule has 4 rings (SSSR count). The van der Waals surface area contributed by atoms with Gasteiger partial charge in [0.1, 0.15) is 4.88 Å². The van der Waals surface area contributed by atoms with E-state index in [1.54, 1.807) is 6.20 Å². The summed E-state index contributed by atoms with van der Waals surface area (Å²) in [5, 5.41) is 0. The molecule has 0 aliphatic carbocycles. The predicted molar refractivity (Wildman–Crippen MR) is 98.4 cm³/mol. The van der Waals surface area contributed by atoms with Gasteiger partial charge in [-0.05, 0) is 61.5 Å². The number of carbonyl (C=O) groups excluding carboxylic acids is 1. The molecule has 6 heteroatoms. The van der Waals surface area contributed by atoms with Crippen molar-refractivity contribution in [2.24, 2.45) is 5.41 Å². The second-order valence-electron chi connectivity index (χ2n) is 7.38. The normalized spacial score (nSPS) is 24.6. The number of rotatable bonds is 3. The van der Waals surface area contributed by atoms with Crippen molar-refractivity contribution in [1.29, 1.82) is 0 Å². The maximum atomic E-state index is 12.7. The Morgan fingerprint density at radius 1 is 1.16 bits per heavy atom. The molecule has 2 aliphatic rings. The van der Waals surface area contributed by atoms with Gasteiger partial charge in [-0.15, -0.1) is 0 Å². The predicted octanol–water partition coefficient (Wildman–Crippen LogP) is 3.06. The molecule has 2 fully saturated rings. The number of aromatic nitrogens is 2. The molecule has 25 heavy (non-hydrogen) atoms. The van der Waals surface area contributed by atoms with Crippen molar-refractivity contribution in [2.45, 2.75) is 32.2 Å². The topological polar surface area (TPSA) is 49.3 Å². The maximum Gasteiger partial charge on any atom is 0.265 e. The molecule has 5 nitrogen and oxygen atoms in total. The highest BCUT2D eigenvalue weighted by molar-refractivity contribution is 7.08. The van der Waals surface area contributed by atoms with Gasteiger partial charge in [-0.25, -0.2) is 4.37 Å². The van der Waals surface area contributed by atoms with Crippen molar-refractivity contribution >= 4 is 17.4 Å². The summed E-state index contributed by atoms with van der Waals surface area (Å²) in [5.41, 5.74) is 1.52. The molecule has 1 atom stereocenters. The van der Waals surface area contributed by atoms with Gasteiger partial charge in [0.15, 0.2) is 0 Å². The number of amides is 1. The van der Waals surface area contributed by atoms with E-state index in [1.165, 1.54) is 36.4 Å². The summed E-state index contributed by atoms with van der Waals surface area (Å²) < 4.78 is 4.08. The highest BCUT2D eigenvalue weighted by Crippen LogP contribution is 2.39. The van der Waals surface area contributed by atoms with Crippen LogP contribution in [0.25, 0.3) is 0 Å². The lowest BCUT2D eigenvalue weighted by molar-refractivity contribution is 0.0115. The first kappa shape index (κ1) is 16.7. The average Bonchev–Trinajstić information content (AvgIpc) is 3.17. The van der Waals surface area contributed by atoms with Gasteiger partial charge in [0.05, 0.1) is 0 Å². The van der Waals surface area contributed by atoms with Crippen LogP contribution in [0.1, 0.15) is 40.9 Å². The minimum Gasteiger partial charge on any atom is -0.337 e. The van der Waals surface area contributed by atoms with E-state index in [1.807, 2.05) is 24.5 Å². The van der Waals surface area contributed by atoms with Crippen molar-refractivity contribution in [3.63, 3.8) is 0 Å². The fraction of sp³-hybridized carbons (Fsp3) is 0.526. The largest absolute Gasteiger partial charge is 0.337 e. The third-order valence-corrected chi connectivity index (χ3v) is 6.20. The standard InChI is InChI=1S/C19H24N4OS/c24-18(17-5-9-21-25-17)23-11-3-7-19(15-23)6-2-10-22(14-19)13-16-4-1-8-20-12-16/h1,4-5,8-9,12H,2-3,6-7,10-11,13-15H2. The Balaban J connectivity index is 1.44. The Hall–Kier alpha value is -1.79. The number of hydrogen-bond acceptors (Lipinski definition) is 5. The molecular weight excluding hydrogens is 332 g/mol. The first-order valence-corrected chi connectivity index (χ1v) is 9.83. The first-order chi connectivity index (χ1) is 12.2. The first-order valence-electron chi connectivity index (χ1n) is 9.05. The fourth-order valence-electron chi connectivity index (χ4n) is 4.39. The summed E-state index contributed by atoms with van der Waals surface area (Å²) in [6.45, 7) is 4.93. The van der Waals surface area contributed by atoms with Crippen LogP contribution in [0.5, 0.6) is 0 Å². The van der Waals surface area contributed by atoms with Crippen LogP contribution in [0.4, 0.5) is 0 Å². The number of hydrogen-bond donors (Lipinski definition) is 0. The molecule has 1 spiro atoms. The highest BCUT2D eigenvalue weighted by Gasteiger charge is 2.40. The van der Waals surface area contributed by atoms with E-state index in [9.17, 15) is 4.79 Å². The molecule has 1 amide bonds. The molecule has 1 unspecified atom stereocenters. The zero-order chi connectivity index (χ0) is 17.1. The van der Waals surface area contributed by atoms with Crippen molar-refractivity contribution in [3.05, 3.63) is 47.2 Å². The minimum absolute atomic E-state index is 0.158. The Bertz CT molecular complexity index is 701. The monoisotopic (exact) mass is 356 g/mol. The number of pyridine rings is 1. The van der Waals surface area contributed by atoms with Gasteiger partial charge >= 0.3 is 0 Å². The third kappa shape index (κ3) is 3.75. The Morgan fingerprint density at radius 2 is 2.04 bits per heavy atom. The quantitative estimate of drug-likeness (QED) is 0.848. The van der Waals surface area contributed by atoms with E-state index < -0.39 is 0 Å². The van der Waals surface area contributed by atoms with E-state index in [-0.39, 0.29) is 11.3 Å². The zero-order valence-electron chi connectivity index (χ0n) is 14.4. The molecule has 2 aliphatic heterocycles. The van der Waals surface area contributed by atoms with Crippen molar-refractivity contribution in [2.75, 3.05) is 26.2 Å². The summed E-state index contributed by atoms with van der Waals surface area (Å²) in [5.74, 6) is 0.158. The molecular formula is C19H24N4OS. The Labute approximate surface area is 152 Å². The number of likely N-dealkylation sites (tertiary alicyclic amines) is 2. The van der Waals surface area contributed by atoms with Gasteiger partial charge in [0, 0.05) is 50.2 Å². The van der Waals surface area contributed by atoms with Gasteiger partial charge in [-0.3, -0.25) is 14.7 Å². The van der Waals surface area contributed by atoms with Gasteiger partial charge < -0.3 is 4.90 Å². The van der Waals surface area contributed by atoms with E-state index in [0.29, 0.717) is 0 Å². The van der Waals surface area contributed by atoms with Crippen molar-refractivity contribution in [1.82, 2.24) is 19.2 Å². The van der Waals surface area contributed by atoms with Crippen molar-refractivity contribution < 1.29 is 4.79 Å². The molecule has 0 aromatic carbocycles. The van der Waals surface area contributed by atoms with Crippen LogP contribution in [-0.2, 0) is 6.54 Å². The summed E-state index contributed by atoms with van der Waals surface area (Å²) >= 11 is 1.30. The Kier molecular flexibility index (Phi) is 4.81. The molecule has 2 aromatic heterocycles. The van der Waals surface area contributed by atoms with Crippen LogP contribution in [-0.4, -0.2) is 51.2 Å². The molecule has 2 aromatic rings. The molecule has 0 saturated carbocycles. The molecule has 4 heterocycles. The lowest BCUT2D eigenvalue weighted by Crippen LogP contribution is -2.53. The Morgan fingerprint density at radius 3 is 2.80 bits per heavy atom. The van der Waals surface area contributed by atoms with E-state index in [0.717, 1.165) is 44.0 Å². The maximum absolute atomic E-state index is 12.7. The second-order valence-corrected chi connectivity index (χ2v) is 8.22. The highest BCUT2D eigenvalue weighted by atomic mass is 32.1. The number of nitrogens with zero attached hydrogens (tertiary/aromatic N) is 4. The van der Waals surface area contributed by atoms with Gasteiger partial charge in [0.2, 0.25) is 0 Å². The molecule has 0 N–H and O–H groups in total. The summed E-state index contributed by atoms with van der Waals surface area (Å²) in [6.07, 6.45) is 10.3. The van der Waals surface area contributed by atoms with Gasteiger partial charge in [-0.1, -0.05) is 6.07 Å². The minimum atomic E-state index is 0.158. The van der Waals surface area contributed by atoms with E-state index >= 15 is 0 Å². The third-order valence-electron chi connectivity index (χ3n) is 5.47. The molecule has 0 radical (unpaired) electrons. The van der Waals surface area contributed by atoms with E-state index in [2.05, 4.69) is 25.2 Å². The lowest BCUT2D eigenvalue weighted by atomic mass is 9.73. The molecule has 0 bridgehead atoms. The number of piperidine rings is 2. The smallest absolute Gasteiger partial charge is 0.265 e.